The molecule has 1 aliphatic heterocycles. The summed E-state index contributed by atoms with van der Waals surface area (Å²) in [7, 11) is 0. The van der Waals surface area contributed by atoms with Crippen LogP contribution in [0.15, 0.2) is 0 Å². The average molecular weight is 666 g/mol. The van der Waals surface area contributed by atoms with Crippen LogP contribution >= 0.6 is 0 Å². The maximum Gasteiger partial charge on any atom is 0.305 e. The zero-order valence-electron chi connectivity index (χ0n) is 31.6. The molecule has 1 heterocycles. The number of esters is 1. The highest BCUT2D eigenvalue weighted by Crippen LogP contribution is 2.16. The van der Waals surface area contributed by atoms with Crippen molar-refractivity contribution in [3.63, 3.8) is 0 Å². The molecule has 7 nitrogen and oxygen atoms in total. The number of amides is 1. The molecule has 0 aliphatic carbocycles. The Balaban J connectivity index is 2.17. The molecule has 2 atom stereocenters. The molecule has 2 N–H and O–H groups in total. The Morgan fingerprint density at radius 2 is 1.21 bits per heavy atom. The minimum absolute atomic E-state index is 0.0876. The number of ether oxygens (including phenoxy) is 2. The third kappa shape index (κ3) is 28.4. The second kappa shape index (κ2) is 33.3. The summed E-state index contributed by atoms with van der Waals surface area (Å²) in [6.07, 6.45) is 30.4. The van der Waals surface area contributed by atoms with Gasteiger partial charge >= 0.3 is 5.97 Å². The van der Waals surface area contributed by atoms with Crippen LogP contribution in [0.4, 0.5) is 0 Å². The Bertz CT molecular complexity index is 701. The fraction of sp³-hybridized carbons (Fsp3) is 0.950. The number of hydrogen-bond acceptors (Lipinski definition) is 6. The molecule has 47 heavy (non-hydrogen) atoms. The third-order valence-electron chi connectivity index (χ3n) is 9.83. The van der Waals surface area contributed by atoms with Crippen LogP contribution in [0.1, 0.15) is 181 Å². The van der Waals surface area contributed by atoms with Crippen LogP contribution in [0.3, 0.4) is 0 Å². The zero-order valence-corrected chi connectivity index (χ0v) is 31.6. The Morgan fingerprint density at radius 1 is 0.660 bits per heavy atom. The number of rotatable bonds is 34. The largest absolute Gasteiger partial charge is 0.466 e. The summed E-state index contributed by atoms with van der Waals surface area (Å²) in [5, 5.41) is 6.70. The first-order chi connectivity index (χ1) is 23.1. The zero-order chi connectivity index (χ0) is 34.0. The lowest BCUT2D eigenvalue weighted by atomic mass is 9.98. The minimum Gasteiger partial charge on any atom is -0.466 e. The van der Waals surface area contributed by atoms with Gasteiger partial charge in [-0.1, -0.05) is 143 Å². The van der Waals surface area contributed by atoms with Crippen molar-refractivity contribution in [1.82, 2.24) is 15.5 Å². The number of carbonyl (C=O) groups excluding carboxylic acids is 2. The van der Waals surface area contributed by atoms with Crippen molar-refractivity contribution in [2.75, 3.05) is 52.5 Å². The van der Waals surface area contributed by atoms with Gasteiger partial charge in [0.05, 0.1) is 25.9 Å². The number of carbonyl (C=O) groups is 2. The summed E-state index contributed by atoms with van der Waals surface area (Å²) in [5.41, 5.74) is 0. The SMILES string of the molecule is CCCCCCCCCCCCCCCCCCNC(=O)C(CCCOC(=O)CCC(C)CCCCC)NCCCN1CCOCC1. The van der Waals surface area contributed by atoms with Crippen LogP contribution < -0.4 is 10.6 Å². The molecule has 0 aromatic carbocycles. The van der Waals surface area contributed by atoms with Gasteiger partial charge in [0, 0.05) is 26.1 Å². The van der Waals surface area contributed by atoms with E-state index in [0.29, 0.717) is 31.8 Å². The number of morpholine rings is 1. The predicted molar refractivity (Wildman–Crippen MR) is 199 cm³/mol. The van der Waals surface area contributed by atoms with E-state index in [1.165, 1.54) is 122 Å². The lowest BCUT2D eigenvalue weighted by Gasteiger charge is -2.27. The van der Waals surface area contributed by atoms with E-state index in [9.17, 15) is 9.59 Å². The van der Waals surface area contributed by atoms with Crippen molar-refractivity contribution in [2.45, 2.75) is 187 Å². The summed E-state index contributed by atoms with van der Waals surface area (Å²) < 4.78 is 11.0. The molecule has 1 saturated heterocycles. The minimum atomic E-state index is -0.238. The van der Waals surface area contributed by atoms with Gasteiger partial charge in [-0.3, -0.25) is 14.5 Å². The fourth-order valence-electron chi connectivity index (χ4n) is 6.53. The molecule has 0 aromatic heterocycles. The monoisotopic (exact) mass is 666 g/mol. The number of nitrogens with zero attached hydrogens (tertiary/aromatic N) is 1. The van der Waals surface area contributed by atoms with Crippen LogP contribution in [0, 0.1) is 5.92 Å². The summed E-state index contributed by atoms with van der Waals surface area (Å²) in [5.74, 6) is 0.554. The van der Waals surface area contributed by atoms with Crippen LogP contribution in [0.25, 0.3) is 0 Å². The molecule has 1 aliphatic rings. The van der Waals surface area contributed by atoms with E-state index in [2.05, 4.69) is 36.3 Å². The van der Waals surface area contributed by atoms with E-state index in [-0.39, 0.29) is 17.9 Å². The quantitative estimate of drug-likeness (QED) is 0.0527. The first kappa shape index (κ1) is 43.8. The van der Waals surface area contributed by atoms with Crippen molar-refractivity contribution in [3.05, 3.63) is 0 Å². The molecule has 7 heteroatoms. The van der Waals surface area contributed by atoms with Crippen LogP contribution in [0.5, 0.6) is 0 Å². The Kier molecular flexibility index (Phi) is 31.1. The molecule has 1 amide bonds. The molecule has 0 spiro atoms. The number of nitrogens with one attached hydrogen (secondary N) is 2. The van der Waals surface area contributed by atoms with E-state index in [0.717, 1.165) is 65.2 Å². The summed E-state index contributed by atoms with van der Waals surface area (Å²) in [4.78, 5) is 27.8. The second-order valence-electron chi connectivity index (χ2n) is 14.4. The molecule has 0 saturated carbocycles. The second-order valence-corrected chi connectivity index (χ2v) is 14.4. The van der Waals surface area contributed by atoms with Gasteiger partial charge in [0.25, 0.3) is 0 Å². The molecule has 0 bridgehead atoms. The standard InChI is InChI=1S/C40H79N3O4/c1-4-6-8-9-10-11-12-13-14-15-16-17-18-19-20-22-29-42-40(45)38(41-30-24-31-43-32-35-46-36-33-43)26-23-34-47-39(44)28-27-37(3)25-21-7-5-2/h37-38,41H,4-36H2,1-3H3,(H,42,45). The van der Waals surface area contributed by atoms with E-state index in [4.69, 9.17) is 9.47 Å². The van der Waals surface area contributed by atoms with Crippen molar-refractivity contribution in [2.24, 2.45) is 5.92 Å². The van der Waals surface area contributed by atoms with Gasteiger partial charge in [0.2, 0.25) is 5.91 Å². The maximum atomic E-state index is 13.1. The average Bonchev–Trinajstić information content (AvgIpc) is 3.08. The van der Waals surface area contributed by atoms with Gasteiger partial charge in [-0.15, -0.1) is 0 Å². The van der Waals surface area contributed by atoms with Crippen molar-refractivity contribution in [3.8, 4) is 0 Å². The number of hydrogen-bond donors (Lipinski definition) is 2. The summed E-state index contributed by atoms with van der Waals surface area (Å²) in [6.45, 7) is 13.3. The fourth-order valence-corrected chi connectivity index (χ4v) is 6.53. The molecule has 1 fully saturated rings. The van der Waals surface area contributed by atoms with Gasteiger partial charge in [0.15, 0.2) is 0 Å². The van der Waals surface area contributed by atoms with Gasteiger partial charge in [-0.25, -0.2) is 0 Å². The van der Waals surface area contributed by atoms with E-state index in [1.807, 2.05) is 0 Å². The Labute approximate surface area is 291 Å². The summed E-state index contributed by atoms with van der Waals surface area (Å²) >= 11 is 0. The van der Waals surface area contributed by atoms with E-state index >= 15 is 0 Å². The topological polar surface area (TPSA) is 79.9 Å². The van der Waals surface area contributed by atoms with Gasteiger partial charge in [-0.05, 0) is 51.1 Å². The molecule has 1 rings (SSSR count). The molecule has 278 valence electrons. The molecular formula is C40H79N3O4. The van der Waals surface area contributed by atoms with Gasteiger partial charge in [-0.2, -0.15) is 0 Å². The Hall–Kier alpha value is -1.18. The molecule has 2 unspecified atom stereocenters. The van der Waals surface area contributed by atoms with Crippen LogP contribution in [-0.4, -0.2) is 75.4 Å². The highest BCUT2D eigenvalue weighted by molar-refractivity contribution is 5.81. The van der Waals surface area contributed by atoms with Crippen molar-refractivity contribution >= 4 is 11.9 Å². The van der Waals surface area contributed by atoms with Crippen molar-refractivity contribution in [1.29, 1.82) is 0 Å². The van der Waals surface area contributed by atoms with E-state index < -0.39 is 0 Å². The first-order valence-corrected chi connectivity index (χ1v) is 20.5. The lowest BCUT2D eigenvalue weighted by molar-refractivity contribution is -0.144. The smallest absolute Gasteiger partial charge is 0.305 e. The van der Waals surface area contributed by atoms with Gasteiger partial charge < -0.3 is 20.1 Å². The number of unbranched alkanes of at least 4 members (excludes halogenated alkanes) is 17. The highest BCUT2D eigenvalue weighted by atomic mass is 16.5. The third-order valence-corrected chi connectivity index (χ3v) is 9.83. The predicted octanol–water partition coefficient (Wildman–Crippen LogP) is 9.36. The first-order valence-electron chi connectivity index (χ1n) is 20.5. The maximum absolute atomic E-state index is 13.1. The Morgan fingerprint density at radius 3 is 1.81 bits per heavy atom. The summed E-state index contributed by atoms with van der Waals surface area (Å²) in [6, 6.07) is -0.238. The van der Waals surface area contributed by atoms with Gasteiger partial charge in [0.1, 0.15) is 0 Å². The normalized spacial score (nSPS) is 15.0. The van der Waals surface area contributed by atoms with Crippen LogP contribution in [-0.2, 0) is 19.1 Å². The molecule has 0 radical (unpaired) electrons. The molecular weight excluding hydrogens is 586 g/mol. The van der Waals surface area contributed by atoms with Crippen molar-refractivity contribution < 1.29 is 19.1 Å². The lowest BCUT2D eigenvalue weighted by Crippen LogP contribution is -2.45. The highest BCUT2D eigenvalue weighted by Gasteiger charge is 2.18. The van der Waals surface area contributed by atoms with Crippen LogP contribution in [0.2, 0.25) is 0 Å². The molecule has 0 aromatic rings. The van der Waals surface area contributed by atoms with E-state index in [1.54, 1.807) is 0 Å².